The molecule has 130 valence electrons. The second-order valence-corrected chi connectivity index (χ2v) is 6.93. The number of benzene rings is 2. The Morgan fingerprint density at radius 2 is 1.38 bits per heavy atom. The summed E-state index contributed by atoms with van der Waals surface area (Å²) < 4.78 is 5.64. The molecule has 1 unspecified atom stereocenters. The zero-order chi connectivity index (χ0) is 17.4. The molecule has 0 spiro atoms. The molecule has 0 aliphatic heterocycles. The number of hydrogen-bond donors (Lipinski definition) is 1. The van der Waals surface area contributed by atoms with Gasteiger partial charge in [0.15, 0.2) is 0 Å². The summed E-state index contributed by atoms with van der Waals surface area (Å²) in [4.78, 5) is 2.46. The summed E-state index contributed by atoms with van der Waals surface area (Å²) in [5.41, 5.74) is 8.58. The standard InChI is InChI=1S/C21H30N2O/c1-21(2,24-3)14-20(15-22)23(16-18-10-6-4-7-11-18)17-19-12-8-5-9-13-19/h4-13,20H,14-17,22H2,1-3H3. The molecule has 1 atom stereocenters. The molecule has 3 heteroatoms. The molecule has 0 radical (unpaired) electrons. The third-order valence-corrected chi connectivity index (χ3v) is 4.53. The van der Waals surface area contributed by atoms with Crippen molar-refractivity contribution < 1.29 is 4.74 Å². The van der Waals surface area contributed by atoms with Gasteiger partial charge in [-0.25, -0.2) is 0 Å². The molecule has 0 saturated heterocycles. The molecule has 0 saturated carbocycles. The maximum Gasteiger partial charge on any atom is 0.0638 e. The molecule has 3 nitrogen and oxygen atoms in total. The van der Waals surface area contributed by atoms with E-state index < -0.39 is 0 Å². The van der Waals surface area contributed by atoms with Gasteiger partial charge in [-0.1, -0.05) is 60.7 Å². The van der Waals surface area contributed by atoms with Gasteiger partial charge in [0.05, 0.1) is 5.60 Å². The van der Waals surface area contributed by atoms with Crippen LogP contribution >= 0.6 is 0 Å². The Balaban J connectivity index is 2.19. The third-order valence-electron chi connectivity index (χ3n) is 4.53. The van der Waals surface area contributed by atoms with Crippen LogP contribution in [0.15, 0.2) is 60.7 Å². The molecular weight excluding hydrogens is 296 g/mol. The van der Waals surface area contributed by atoms with Crippen LogP contribution in [0.4, 0.5) is 0 Å². The van der Waals surface area contributed by atoms with E-state index in [1.54, 1.807) is 7.11 Å². The van der Waals surface area contributed by atoms with Crippen LogP contribution < -0.4 is 5.73 Å². The molecule has 2 N–H and O–H groups in total. The Bertz CT molecular complexity index is 542. The first-order valence-corrected chi connectivity index (χ1v) is 8.61. The maximum absolute atomic E-state index is 6.15. The highest BCUT2D eigenvalue weighted by Crippen LogP contribution is 2.22. The van der Waals surface area contributed by atoms with Gasteiger partial charge < -0.3 is 10.5 Å². The van der Waals surface area contributed by atoms with Gasteiger partial charge >= 0.3 is 0 Å². The number of hydrogen-bond acceptors (Lipinski definition) is 3. The molecule has 0 fully saturated rings. The molecule has 0 aliphatic rings. The fourth-order valence-corrected chi connectivity index (χ4v) is 2.96. The molecule has 2 rings (SSSR count). The minimum Gasteiger partial charge on any atom is -0.379 e. The predicted octanol–water partition coefficient (Wildman–Crippen LogP) is 3.83. The Hall–Kier alpha value is -1.68. The normalized spacial score (nSPS) is 13.2. The monoisotopic (exact) mass is 326 g/mol. The van der Waals surface area contributed by atoms with Gasteiger partial charge in [-0.2, -0.15) is 0 Å². The highest BCUT2D eigenvalue weighted by Gasteiger charge is 2.26. The van der Waals surface area contributed by atoms with Gasteiger partial charge in [0, 0.05) is 32.8 Å². The van der Waals surface area contributed by atoms with Crippen molar-refractivity contribution in [3.8, 4) is 0 Å². The second kappa shape index (κ2) is 8.97. The number of nitrogens with zero attached hydrogens (tertiary/aromatic N) is 1. The van der Waals surface area contributed by atoms with Crippen LogP contribution in [-0.2, 0) is 17.8 Å². The van der Waals surface area contributed by atoms with E-state index in [0.717, 1.165) is 19.5 Å². The van der Waals surface area contributed by atoms with Crippen molar-refractivity contribution in [3.63, 3.8) is 0 Å². The van der Waals surface area contributed by atoms with E-state index in [0.29, 0.717) is 6.54 Å². The molecule has 0 aromatic heterocycles. The first-order valence-electron chi connectivity index (χ1n) is 8.61. The summed E-state index contributed by atoms with van der Waals surface area (Å²) in [5.74, 6) is 0. The second-order valence-electron chi connectivity index (χ2n) is 6.93. The van der Waals surface area contributed by atoms with Crippen LogP contribution in [0.2, 0.25) is 0 Å². The molecule has 0 aliphatic carbocycles. The first kappa shape index (κ1) is 18.7. The van der Waals surface area contributed by atoms with Crippen LogP contribution in [0, 0.1) is 0 Å². The van der Waals surface area contributed by atoms with Crippen LogP contribution in [-0.4, -0.2) is 30.2 Å². The van der Waals surface area contributed by atoms with Crippen LogP contribution in [0.5, 0.6) is 0 Å². The number of methoxy groups -OCH3 is 1. The number of nitrogens with two attached hydrogens (primary N) is 1. The Kier molecular flexibility index (Phi) is 6.98. The van der Waals surface area contributed by atoms with Gasteiger partial charge in [0.25, 0.3) is 0 Å². The molecule has 0 bridgehead atoms. The van der Waals surface area contributed by atoms with Crippen molar-refractivity contribution >= 4 is 0 Å². The molecule has 0 amide bonds. The zero-order valence-corrected chi connectivity index (χ0v) is 15.1. The Morgan fingerprint density at radius 3 is 1.75 bits per heavy atom. The van der Waals surface area contributed by atoms with Crippen molar-refractivity contribution in [2.45, 2.75) is 45.0 Å². The van der Waals surface area contributed by atoms with Crippen molar-refractivity contribution in [3.05, 3.63) is 71.8 Å². The summed E-state index contributed by atoms with van der Waals surface area (Å²) in [6, 6.07) is 21.4. The van der Waals surface area contributed by atoms with E-state index in [2.05, 4.69) is 79.4 Å². The van der Waals surface area contributed by atoms with Crippen molar-refractivity contribution in [2.75, 3.05) is 13.7 Å². The highest BCUT2D eigenvalue weighted by atomic mass is 16.5. The molecule has 2 aromatic carbocycles. The van der Waals surface area contributed by atoms with Crippen molar-refractivity contribution in [2.24, 2.45) is 5.73 Å². The topological polar surface area (TPSA) is 38.5 Å². The van der Waals surface area contributed by atoms with Crippen molar-refractivity contribution in [1.29, 1.82) is 0 Å². The molecule has 24 heavy (non-hydrogen) atoms. The molecule has 0 heterocycles. The van der Waals surface area contributed by atoms with E-state index in [1.807, 2.05) is 0 Å². The lowest BCUT2D eigenvalue weighted by atomic mass is 9.96. The minimum absolute atomic E-state index is 0.185. The third kappa shape index (κ3) is 5.75. The summed E-state index contributed by atoms with van der Waals surface area (Å²) in [7, 11) is 1.77. The van der Waals surface area contributed by atoms with E-state index >= 15 is 0 Å². The van der Waals surface area contributed by atoms with Crippen LogP contribution in [0.1, 0.15) is 31.4 Å². The lowest BCUT2D eigenvalue weighted by Crippen LogP contribution is -2.44. The van der Waals surface area contributed by atoms with Gasteiger partial charge in [0.1, 0.15) is 0 Å². The maximum atomic E-state index is 6.15. The first-order chi connectivity index (χ1) is 11.5. The van der Waals surface area contributed by atoms with Crippen LogP contribution in [0.25, 0.3) is 0 Å². The van der Waals surface area contributed by atoms with Crippen molar-refractivity contribution in [1.82, 2.24) is 4.90 Å². The number of rotatable bonds is 9. The molecule has 2 aromatic rings. The Morgan fingerprint density at radius 1 is 0.917 bits per heavy atom. The van der Waals surface area contributed by atoms with E-state index in [9.17, 15) is 0 Å². The van der Waals surface area contributed by atoms with E-state index in [-0.39, 0.29) is 11.6 Å². The quantitative estimate of drug-likeness (QED) is 0.761. The largest absolute Gasteiger partial charge is 0.379 e. The molecular formula is C21H30N2O. The van der Waals surface area contributed by atoms with Gasteiger partial charge in [-0.3, -0.25) is 4.90 Å². The Labute approximate surface area is 146 Å². The van der Waals surface area contributed by atoms with Crippen LogP contribution in [0.3, 0.4) is 0 Å². The lowest BCUT2D eigenvalue weighted by Gasteiger charge is -2.36. The van der Waals surface area contributed by atoms with E-state index in [4.69, 9.17) is 10.5 Å². The fraction of sp³-hybridized carbons (Fsp3) is 0.429. The SMILES string of the molecule is COC(C)(C)CC(CN)N(Cc1ccccc1)Cc1ccccc1. The summed E-state index contributed by atoms with van der Waals surface area (Å²) >= 11 is 0. The number of ether oxygens (including phenoxy) is 1. The summed E-state index contributed by atoms with van der Waals surface area (Å²) in [6.45, 7) is 6.64. The fourth-order valence-electron chi connectivity index (χ4n) is 2.96. The summed E-state index contributed by atoms with van der Waals surface area (Å²) in [5, 5.41) is 0. The average molecular weight is 326 g/mol. The van der Waals surface area contributed by atoms with Gasteiger partial charge in [0.2, 0.25) is 0 Å². The predicted molar refractivity (Wildman–Crippen MR) is 101 cm³/mol. The highest BCUT2D eigenvalue weighted by molar-refractivity contribution is 5.17. The minimum atomic E-state index is -0.185. The van der Waals surface area contributed by atoms with Gasteiger partial charge in [-0.15, -0.1) is 0 Å². The average Bonchev–Trinajstić information content (AvgIpc) is 2.61. The van der Waals surface area contributed by atoms with Gasteiger partial charge in [-0.05, 0) is 31.4 Å². The van der Waals surface area contributed by atoms with E-state index in [1.165, 1.54) is 11.1 Å². The lowest BCUT2D eigenvalue weighted by molar-refractivity contribution is -0.0102. The summed E-state index contributed by atoms with van der Waals surface area (Å²) in [6.07, 6.45) is 0.902. The smallest absolute Gasteiger partial charge is 0.0638 e. The zero-order valence-electron chi connectivity index (χ0n) is 15.1.